The highest BCUT2D eigenvalue weighted by Gasteiger charge is 2.39. The number of benzene rings is 1. The van der Waals surface area contributed by atoms with E-state index in [9.17, 15) is 19.7 Å². The fraction of sp³-hybridized carbons (Fsp3) is 0.529. The highest BCUT2D eigenvalue weighted by Crippen LogP contribution is 2.38. The molecule has 3 rings (SSSR count). The second kappa shape index (κ2) is 7.99. The fourth-order valence-electron chi connectivity index (χ4n) is 3.40. The van der Waals surface area contributed by atoms with Crippen LogP contribution in [0.5, 0.6) is 11.5 Å². The monoisotopic (exact) mass is 394 g/mol. The molecule has 1 fully saturated rings. The lowest BCUT2D eigenvalue weighted by Gasteiger charge is -2.29. The molecule has 4 N–H and O–H groups in total. The molecule has 27 heavy (non-hydrogen) atoms. The zero-order valence-corrected chi connectivity index (χ0v) is 16.1. The number of rotatable bonds is 5. The minimum atomic E-state index is -1.21. The van der Waals surface area contributed by atoms with E-state index in [0.717, 1.165) is 0 Å². The van der Waals surface area contributed by atoms with Crippen LogP contribution in [0.2, 0.25) is 0 Å². The fourth-order valence-corrected chi connectivity index (χ4v) is 4.45. The summed E-state index contributed by atoms with van der Waals surface area (Å²) < 4.78 is 10.6. The van der Waals surface area contributed by atoms with Crippen molar-refractivity contribution in [2.45, 2.75) is 24.5 Å². The van der Waals surface area contributed by atoms with Crippen molar-refractivity contribution in [3.63, 3.8) is 0 Å². The SMILES string of the molecule is COc1ccc2c(c1C(=O)O)OB(O)C(SCC(=O)N1CC(C)C(N)C1)C2. The van der Waals surface area contributed by atoms with Crippen LogP contribution in [-0.4, -0.2) is 71.2 Å². The molecular formula is C17H23BN2O6S. The molecule has 2 heterocycles. The minimum Gasteiger partial charge on any atom is -0.534 e. The van der Waals surface area contributed by atoms with Crippen LogP contribution >= 0.6 is 11.8 Å². The number of hydrogen-bond acceptors (Lipinski definition) is 7. The van der Waals surface area contributed by atoms with Crippen LogP contribution in [-0.2, 0) is 11.2 Å². The van der Waals surface area contributed by atoms with Gasteiger partial charge in [-0.2, -0.15) is 0 Å². The molecule has 2 aliphatic rings. The van der Waals surface area contributed by atoms with Crippen molar-refractivity contribution in [1.82, 2.24) is 4.90 Å². The van der Waals surface area contributed by atoms with Gasteiger partial charge in [-0.1, -0.05) is 13.0 Å². The molecule has 3 atom stereocenters. The van der Waals surface area contributed by atoms with Crippen LogP contribution < -0.4 is 15.1 Å². The van der Waals surface area contributed by atoms with Crippen molar-refractivity contribution in [1.29, 1.82) is 0 Å². The molecule has 1 aromatic carbocycles. The Balaban J connectivity index is 1.68. The molecule has 146 valence electrons. The quantitative estimate of drug-likeness (QED) is 0.608. The van der Waals surface area contributed by atoms with Gasteiger partial charge in [0, 0.05) is 19.1 Å². The Morgan fingerprint density at radius 3 is 2.78 bits per heavy atom. The van der Waals surface area contributed by atoms with E-state index in [0.29, 0.717) is 25.1 Å². The largest absolute Gasteiger partial charge is 0.536 e. The van der Waals surface area contributed by atoms with Gasteiger partial charge < -0.3 is 30.2 Å². The summed E-state index contributed by atoms with van der Waals surface area (Å²) >= 11 is 1.30. The van der Waals surface area contributed by atoms with Crippen molar-refractivity contribution in [2.75, 3.05) is 26.0 Å². The molecule has 0 bridgehead atoms. The summed E-state index contributed by atoms with van der Waals surface area (Å²) in [4.78, 5) is 25.7. The molecule has 0 radical (unpaired) electrons. The molecule has 1 amide bonds. The number of fused-ring (bicyclic) bond motifs is 1. The van der Waals surface area contributed by atoms with Crippen molar-refractivity contribution >= 4 is 30.8 Å². The predicted molar refractivity (Wildman–Crippen MR) is 102 cm³/mol. The third-order valence-corrected chi connectivity index (χ3v) is 6.30. The number of amides is 1. The highest BCUT2D eigenvalue weighted by molar-refractivity contribution is 8.01. The standard InChI is InChI=1S/C17H23BN2O6S/c1-9-6-20(7-11(9)19)14(21)8-27-13-5-10-3-4-12(25-2)15(17(22)23)16(10)26-18(13)24/h3-4,9,11,13,24H,5-8,19H2,1-2H3,(H,22,23). The normalized spacial score (nSPS) is 24.4. The van der Waals surface area contributed by atoms with Crippen molar-refractivity contribution < 1.29 is 29.1 Å². The molecular weight excluding hydrogens is 371 g/mol. The number of carbonyl (C=O) groups is 2. The van der Waals surface area contributed by atoms with Gasteiger partial charge in [-0.25, -0.2) is 4.79 Å². The second-order valence-corrected chi connectivity index (χ2v) is 8.17. The van der Waals surface area contributed by atoms with Crippen molar-refractivity contribution in [3.8, 4) is 11.5 Å². The number of methoxy groups -OCH3 is 1. The molecule has 2 aliphatic heterocycles. The maximum Gasteiger partial charge on any atom is 0.536 e. The van der Waals surface area contributed by atoms with Crippen LogP contribution in [0.25, 0.3) is 0 Å². The van der Waals surface area contributed by atoms with E-state index in [1.807, 2.05) is 6.92 Å². The van der Waals surface area contributed by atoms with E-state index < -0.39 is 13.1 Å². The Hall–Kier alpha value is -1.91. The predicted octanol–water partition coefficient (Wildman–Crippen LogP) is 0.255. The van der Waals surface area contributed by atoms with Gasteiger partial charge in [-0.05, 0) is 24.0 Å². The topological polar surface area (TPSA) is 122 Å². The summed E-state index contributed by atoms with van der Waals surface area (Å²) in [6.45, 7) is 3.22. The average molecular weight is 394 g/mol. The smallest absolute Gasteiger partial charge is 0.534 e. The third kappa shape index (κ3) is 4.02. The second-order valence-electron chi connectivity index (χ2n) is 6.94. The van der Waals surface area contributed by atoms with Gasteiger partial charge in [-0.15, -0.1) is 11.8 Å². The van der Waals surface area contributed by atoms with Crippen LogP contribution in [0.4, 0.5) is 0 Å². The summed E-state index contributed by atoms with van der Waals surface area (Å²) in [5.41, 5.74) is 6.53. The number of carboxylic acids is 1. The first-order valence-electron chi connectivity index (χ1n) is 8.74. The number of nitrogens with zero attached hydrogens (tertiary/aromatic N) is 1. The Labute approximate surface area is 162 Å². The van der Waals surface area contributed by atoms with Gasteiger partial charge in [0.15, 0.2) is 0 Å². The average Bonchev–Trinajstić information content (AvgIpc) is 2.97. The van der Waals surface area contributed by atoms with Gasteiger partial charge in [-0.3, -0.25) is 4.79 Å². The van der Waals surface area contributed by atoms with Crippen LogP contribution in [0.15, 0.2) is 12.1 Å². The molecule has 1 saturated heterocycles. The Kier molecular flexibility index (Phi) is 5.88. The van der Waals surface area contributed by atoms with Crippen molar-refractivity contribution in [2.24, 2.45) is 11.7 Å². The first kappa shape index (κ1) is 19.8. The molecule has 10 heteroatoms. The van der Waals surface area contributed by atoms with E-state index in [2.05, 4.69) is 0 Å². The van der Waals surface area contributed by atoms with Crippen molar-refractivity contribution in [3.05, 3.63) is 23.3 Å². The number of aromatic carboxylic acids is 1. The number of likely N-dealkylation sites (tertiary alicyclic amines) is 1. The number of thioether (sulfide) groups is 1. The zero-order chi connectivity index (χ0) is 19.7. The van der Waals surface area contributed by atoms with Gasteiger partial charge in [0.25, 0.3) is 0 Å². The minimum absolute atomic E-state index is 0.00106. The third-order valence-electron chi connectivity index (χ3n) is 5.06. The first-order chi connectivity index (χ1) is 12.8. The van der Waals surface area contributed by atoms with E-state index >= 15 is 0 Å². The molecule has 0 aliphatic carbocycles. The van der Waals surface area contributed by atoms with E-state index in [-0.39, 0.29) is 45.8 Å². The molecule has 0 spiro atoms. The van der Waals surface area contributed by atoms with Gasteiger partial charge >= 0.3 is 13.1 Å². The Morgan fingerprint density at radius 1 is 1.44 bits per heavy atom. The van der Waals surface area contributed by atoms with Gasteiger partial charge in [0.1, 0.15) is 17.1 Å². The summed E-state index contributed by atoms with van der Waals surface area (Å²) in [6, 6.07) is 3.30. The maximum atomic E-state index is 12.4. The van der Waals surface area contributed by atoms with E-state index in [4.69, 9.17) is 15.1 Å². The summed E-state index contributed by atoms with van der Waals surface area (Å²) in [7, 11) is 0.170. The van der Waals surface area contributed by atoms with Gasteiger partial charge in [0.2, 0.25) is 5.91 Å². The van der Waals surface area contributed by atoms with E-state index in [1.165, 1.54) is 18.9 Å². The number of hydrogen-bond donors (Lipinski definition) is 3. The Morgan fingerprint density at radius 2 is 2.19 bits per heavy atom. The molecule has 8 nitrogen and oxygen atoms in total. The molecule has 1 aromatic rings. The highest BCUT2D eigenvalue weighted by atomic mass is 32.2. The summed E-state index contributed by atoms with van der Waals surface area (Å²) in [5, 5.41) is 19.4. The zero-order valence-electron chi connectivity index (χ0n) is 15.3. The van der Waals surface area contributed by atoms with E-state index in [1.54, 1.807) is 17.0 Å². The van der Waals surface area contributed by atoms with Crippen LogP contribution in [0.3, 0.4) is 0 Å². The number of nitrogens with two attached hydrogens (primary N) is 1. The molecule has 0 aromatic heterocycles. The van der Waals surface area contributed by atoms with Crippen LogP contribution in [0, 0.1) is 5.92 Å². The van der Waals surface area contributed by atoms with Crippen LogP contribution in [0.1, 0.15) is 22.8 Å². The Bertz CT molecular complexity index is 738. The van der Waals surface area contributed by atoms with Gasteiger partial charge in [0.05, 0.1) is 18.0 Å². The lowest BCUT2D eigenvalue weighted by molar-refractivity contribution is -0.127. The number of ether oxygens (including phenoxy) is 1. The number of carboxylic acid groups (broad SMARTS) is 1. The molecule has 3 unspecified atom stereocenters. The summed E-state index contributed by atoms with van der Waals surface area (Å²) in [6.07, 6.45) is 0.397. The lowest BCUT2D eigenvalue weighted by Crippen LogP contribution is -2.42. The number of carbonyl (C=O) groups excluding carboxylic acids is 1. The first-order valence-corrected chi connectivity index (χ1v) is 9.79. The lowest BCUT2D eigenvalue weighted by atomic mass is 9.77. The molecule has 0 saturated carbocycles. The summed E-state index contributed by atoms with van der Waals surface area (Å²) in [5.74, 6) is -0.415. The maximum absolute atomic E-state index is 12.4.